The Bertz CT molecular complexity index is 1180. The fourth-order valence-electron chi connectivity index (χ4n) is 2.84. The van der Waals surface area contributed by atoms with E-state index in [-0.39, 0.29) is 24.1 Å². The zero-order valence-corrected chi connectivity index (χ0v) is 21.3. The summed E-state index contributed by atoms with van der Waals surface area (Å²) >= 11 is 4.63. The number of methoxy groups -OCH3 is 2. The standard InChI is InChI=1S/C23H24BrN5O4S/c1-29-20(13-25-21(30)11-5-15-4-10-18(32-2)19(12-15)33-3)27-28-23(29)34-14-22(31)26-17-8-6-16(24)7-9-17/h4-12H,13-14H2,1-3H3,(H,25,30)(H,26,31). The molecule has 1 aromatic heterocycles. The number of nitrogens with one attached hydrogen (secondary N) is 2. The summed E-state index contributed by atoms with van der Waals surface area (Å²) in [5, 5.41) is 14.4. The third-order valence-electron chi connectivity index (χ3n) is 4.64. The van der Waals surface area contributed by atoms with E-state index in [2.05, 4.69) is 36.8 Å². The second kappa shape index (κ2) is 12.2. The first-order valence-corrected chi connectivity index (χ1v) is 11.9. The first-order chi connectivity index (χ1) is 16.4. The van der Waals surface area contributed by atoms with Gasteiger partial charge < -0.3 is 24.7 Å². The number of carbonyl (C=O) groups excluding carboxylic acids is 2. The number of benzene rings is 2. The number of hydrogen-bond donors (Lipinski definition) is 2. The van der Waals surface area contributed by atoms with Gasteiger partial charge in [-0.05, 0) is 48.0 Å². The van der Waals surface area contributed by atoms with E-state index < -0.39 is 0 Å². The summed E-state index contributed by atoms with van der Waals surface area (Å²) in [5.41, 5.74) is 1.52. The van der Waals surface area contributed by atoms with Gasteiger partial charge in [-0.25, -0.2) is 0 Å². The van der Waals surface area contributed by atoms with Crippen LogP contribution < -0.4 is 20.1 Å². The summed E-state index contributed by atoms with van der Waals surface area (Å²) in [7, 11) is 4.91. The Labute approximate surface area is 210 Å². The highest BCUT2D eigenvalue weighted by Gasteiger charge is 2.12. The molecule has 9 nitrogen and oxygen atoms in total. The predicted molar refractivity (Wildman–Crippen MR) is 135 cm³/mol. The molecule has 178 valence electrons. The molecule has 11 heteroatoms. The molecule has 0 aliphatic heterocycles. The molecule has 0 radical (unpaired) electrons. The van der Waals surface area contributed by atoms with Gasteiger partial charge in [0.25, 0.3) is 0 Å². The maximum atomic E-state index is 12.2. The molecule has 0 unspecified atom stereocenters. The van der Waals surface area contributed by atoms with Crippen LogP contribution in [0.4, 0.5) is 5.69 Å². The number of hydrogen-bond acceptors (Lipinski definition) is 7. The third kappa shape index (κ3) is 7.09. The molecule has 0 atom stereocenters. The van der Waals surface area contributed by atoms with Gasteiger partial charge in [-0.15, -0.1) is 10.2 Å². The molecule has 0 saturated carbocycles. The number of thioether (sulfide) groups is 1. The van der Waals surface area contributed by atoms with Crippen LogP contribution in [0.25, 0.3) is 6.08 Å². The minimum Gasteiger partial charge on any atom is -0.493 e. The van der Waals surface area contributed by atoms with E-state index in [1.54, 1.807) is 44.0 Å². The highest BCUT2D eigenvalue weighted by molar-refractivity contribution is 9.10. The van der Waals surface area contributed by atoms with Crippen LogP contribution in [0, 0.1) is 0 Å². The number of nitrogens with zero attached hydrogens (tertiary/aromatic N) is 3. The van der Waals surface area contributed by atoms with Gasteiger partial charge in [-0.1, -0.05) is 33.8 Å². The minimum absolute atomic E-state index is 0.148. The van der Waals surface area contributed by atoms with Crippen LogP contribution in [0.3, 0.4) is 0 Å². The second-order valence-electron chi connectivity index (χ2n) is 6.97. The average Bonchev–Trinajstić information content (AvgIpc) is 3.20. The van der Waals surface area contributed by atoms with Gasteiger partial charge in [-0.3, -0.25) is 9.59 Å². The number of anilines is 1. The van der Waals surface area contributed by atoms with E-state index in [1.165, 1.54) is 17.8 Å². The van der Waals surface area contributed by atoms with Crippen LogP contribution in [0.2, 0.25) is 0 Å². The lowest BCUT2D eigenvalue weighted by atomic mass is 10.2. The van der Waals surface area contributed by atoms with Crippen LogP contribution in [-0.4, -0.2) is 46.6 Å². The maximum absolute atomic E-state index is 12.2. The lowest BCUT2D eigenvalue weighted by molar-refractivity contribution is -0.116. The molecule has 2 N–H and O–H groups in total. The first kappa shape index (κ1) is 25.3. The number of halogens is 1. The van der Waals surface area contributed by atoms with Crippen LogP contribution in [0.15, 0.2) is 58.2 Å². The molecule has 0 aliphatic rings. The molecule has 0 spiro atoms. The number of aromatic nitrogens is 3. The second-order valence-corrected chi connectivity index (χ2v) is 8.83. The van der Waals surface area contributed by atoms with Crippen molar-refractivity contribution in [3.8, 4) is 11.5 Å². The SMILES string of the molecule is COc1ccc(C=CC(=O)NCc2nnc(SCC(=O)Nc3ccc(Br)cc3)n2C)cc1OC. The van der Waals surface area contributed by atoms with Crippen molar-refractivity contribution < 1.29 is 19.1 Å². The quantitative estimate of drug-likeness (QED) is 0.295. The van der Waals surface area contributed by atoms with E-state index in [0.717, 1.165) is 15.7 Å². The molecule has 34 heavy (non-hydrogen) atoms. The molecular weight excluding hydrogens is 522 g/mol. The topological polar surface area (TPSA) is 107 Å². The highest BCUT2D eigenvalue weighted by atomic mass is 79.9. The molecule has 0 aliphatic carbocycles. The van der Waals surface area contributed by atoms with Crippen LogP contribution in [0.5, 0.6) is 11.5 Å². The third-order valence-corrected chi connectivity index (χ3v) is 6.19. The molecule has 0 bridgehead atoms. The van der Waals surface area contributed by atoms with Gasteiger partial charge in [0.15, 0.2) is 22.5 Å². The van der Waals surface area contributed by atoms with Gasteiger partial charge in [-0.2, -0.15) is 0 Å². The van der Waals surface area contributed by atoms with Crippen molar-refractivity contribution in [1.82, 2.24) is 20.1 Å². The fraction of sp³-hybridized carbons (Fsp3) is 0.217. The Kier molecular flexibility index (Phi) is 9.11. The molecule has 2 amide bonds. The van der Waals surface area contributed by atoms with Gasteiger partial charge in [0, 0.05) is 23.3 Å². The molecule has 3 rings (SSSR count). The first-order valence-electron chi connectivity index (χ1n) is 10.1. The van der Waals surface area contributed by atoms with Gasteiger partial charge in [0.1, 0.15) is 0 Å². The van der Waals surface area contributed by atoms with Crippen molar-refractivity contribution in [1.29, 1.82) is 0 Å². The van der Waals surface area contributed by atoms with Crippen molar-refractivity contribution in [2.75, 3.05) is 25.3 Å². The zero-order chi connectivity index (χ0) is 24.5. The predicted octanol–water partition coefficient (Wildman–Crippen LogP) is 3.66. The largest absolute Gasteiger partial charge is 0.493 e. The summed E-state index contributed by atoms with van der Waals surface area (Å²) < 4.78 is 13.2. The Morgan fingerprint density at radius 2 is 1.82 bits per heavy atom. The smallest absolute Gasteiger partial charge is 0.244 e. The van der Waals surface area contributed by atoms with Crippen molar-refractivity contribution in [3.05, 3.63) is 64.4 Å². The van der Waals surface area contributed by atoms with E-state index in [1.807, 2.05) is 30.3 Å². The molecular formula is C23H24BrN5O4S. The minimum atomic E-state index is -0.277. The Morgan fingerprint density at radius 3 is 2.53 bits per heavy atom. The lowest BCUT2D eigenvalue weighted by Crippen LogP contribution is -2.22. The van der Waals surface area contributed by atoms with Gasteiger partial charge >= 0.3 is 0 Å². The van der Waals surface area contributed by atoms with E-state index in [4.69, 9.17) is 9.47 Å². The van der Waals surface area contributed by atoms with E-state index >= 15 is 0 Å². The van der Waals surface area contributed by atoms with E-state index in [9.17, 15) is 9.59 Å². The molecule has 3 aromatic rings. The van der Waals surface area contributed by atoms with Crippen LogP contribution >= 0.6 is 27.7 Å². The highest BCUT2D eigenvalue weighted by Crippen LogP contribution is 2.28. The Balaban J connectivity index is 1.49. The maximum Gasteiger partial charge on any atom is 0.244 e. The molecule has 1 heterocycles. The van der Waals surface area contributed by atoms with Gasteiger partial charge in [0.2, 0.25) is 11.8 Å². The number of carbonyl (C=O) groups is 2. The number of amides is 2. The normalized spacial score (nSPS) is 10.8. The van der Waals surface area contributed by atoms with Crippen LogP contribution in [0.1, 0.15) is 11.4 Å². The Morgan fingerprint density at radius 1 is 1.09 bits per heavy atom. The molecule has 0 fully saturated rings. The summed E-state index contributed by atoms with van der Waals surface area (Å²) in [6, 6.07) is 12.7. The summed E-state index contributed by atoms with van der Waals surface area (Å²) in [5.74, 6) is 1.53. The van der Waals surface area contributed by atoms with Crippen molar-refractivity contribution >= 4 is 51.3 Å². The average molecular weight is 546 g/mol. The summed E-state index contributed by atoms with van der Waals surface area (Å²) in [4.78, 5) is 24.4. The van der Waals surface area contributed by atoms with Crippen molar-refractivity contribution in [2.45, 2.75) is 11.7 Å². The monoisotopic (exact) mass is 545 g/mol. The summed E-state index contributed by atoms with van der Waals surface area (Å²) in [6.07, 6.45) is 3.11. The molecule has 2 aromatic carbocycles. The zero-order valence-electron chi connectivity index (χ0n) is 18.9. The van der Waals surface area contributed by atoms with Crippen LogP contribution in [-0.2, 0) is 23.2 Å². The lowest BCUT2D eigenvalue weighted by Gasteiger charge is -2.07. The number of ether oxygens (including phenoxy) is 2. The van der Waals surface area contributed by atoms with Crippen molar-refractivity contribution in [2.24, 2.45) is 7.05 Å². The van der Waals surface area contributed by atoms with E-state index in [0.29, 0.717) is 22.5 Å². The fourth-order valence-corrected chi connectivity index (χ4v) is 3.83. The van der Waals surface area contributed by atoms with Crippen molar-refractivity contribution in [3.63, 3.8) is 0 Å². The Hall–Kier alpha value is -3.31. The van der Waals surface area contributed by atoms with Gasteiger partial charge in [0.05, 0.1) is 26.5 Å². The summed E-state index contributed by atoms with van der Waals surface area (Å²) in [6.45, 7) is 0.199. The number of rotatable bonds is 10. The molecule has 0 saturated heterocycles.